The van der Waals surface area contributed by atoms with Crippen LogP contribution in [0.1, 0.15) is 19.5 Å². The van der Waals surface area contributed by atoms with E-state index in [2.05, 4.69) is 0 Å². The maximum atomic E-state index is 13.5. The van der Waals surface area contributed by atoms with Crippen LogP contribution in [0, 0.1) is 20.8 Å². The van der Waals surface area contributed by atoms with E-state index in [0.29, 0.717) is 17.2 Å². The van der Waals surface area contributed by atoms with E-state index in [4.69, 9.17) is 13.6 Å². The molecule has 0 aromatic heterocycles. The Morgan fingerprint density at radius 1 is 0.630 bits per heavy atom. The largest absolute Gasteiger partial charge is 1.00 e. The van der Waals surface area contributed by atoms with Crippen molar-refractivity contribution >= 4 is 7.82 Å². The molecule has 0 aliphatic rings. The Morgan fingerprint density at radius 3 is 1.15 bits per heavy atom. The van der Waals surface area contributed by atoms with Crippen LogP contribution < -0.4 is 65.0 Å². The molecular weight excluding hydrogens is 386 g/mol. The molecule has 3 rings (SSSR count). The molecule has 0 amide bonds. The Labute approximate surface area is 205 Å². The van der Waals surface area contributed by atoms with Gasteiger partial charge in [0.05, 0.1) is 0 Å². The molecule has 4 nitrogen and oxygen atoms in total. The van der Waals surface area contributed by atoms with Gasteiger partial charge in [-0.1, -0.05) is 54.6 Å². The van der Waals surface area contributed by atoms with Gasteiger partial charge in [-0.25, -0.2) is 0 Å². The van der Waals surface area contributed by atoms with E-state index in [1.54, 1.807) is 18.2 Å². The second-order valence-corrected chi connectivity index (χ2v) is 7.46. The molecule has 0 radical (unpaired) electrons. The third-order valence-corrected chi connectivity index (χ3v) is 5.17. The Hall–Kier alpha value is -1.07. The first-order valence-corrected chi connectivity index (χ1v) is 9.79. The van der Waals surface area contributed by atoms with E-state index in [-0.39, 0.29) is 54.2 Å². The Bertz CT molecular complexity index is 846. The number of benzene rings is 3. The fourth-order valence-corrected chi connectivity index (χ4v) is 3.84. The number of rotatable bonds is 6. The number of aryl methyl sites for hydroxylation is 3. The molecule has 27 heavy (non-hydrogen) atoms. The molecule has 0 aliphatic heterocycles. The van der Waals surface area contributed by atoms with Crippen molar-refractivity contribution in [2.45, 2.75) is 20.8 Å². The van der Waals surface area contributed by atoms with Crippen LogP contribution in [0.2, 0.25) is 0 Å². The van der Waals surface area contributed by atoms with Gasteiger partial charge in [-0.2, -0.15) is 4.57 Å². The van der Waals surface area contributed by atoms with Crippen molar-refractivity contribution < 1.29 is 72.4 Å². The van der Waals surface area contributed by atoms with Crippen molar-refractivity contribution in [1.82, 2.24) is 0 Å². The number of hydrogen-bond donors (Lipinski definition) is 0. The summed E-state index contributed by atoms with van der Waals surface area (Å²) in [5.74, 6) is 1.37. The summed E-state index contributed by atoms with van der Waals surface area (Å²) in [7, 11) is -3.97. The summed E-state index contributed by atoms with van der Waals surface area (Å²) in [6, 6.07) is 22.0. The van der Waals surface area contributed by atoms with Gasteiger partial charge in [-0.15, -0.1) is 0 Å². The van der Waals surface area contributed by atoms with Crippen LogP contribution in [0.25, 0.3) is 0 Å². The van der Waals surface area contributed by atoms with Crippen LogP contribution in [0.4, 0.5) is 0 Å². The predicted molar refractivity (Wildman–Crippen MR) is 105 cm³/mol. The molecule has 136 valence electrons. The van der Waals surface area contributed by atoms with E-state index in [1.807, 2.05) is 75.4 Å². The predicted octanol–water partition coefficient (Wildman–Crippen LogP) is 3.49. The quantitative estimate of drug-likeness (QED) is 0.462. The zero-order valence-electron chi connectivity index (χ0n) is 18.0. The zero-order chi connectivity index (χ0) is 18.6. The van der Waals surface area contributed by atoms with E-state index >= 15 is 0 Å². The summed E-state index contributed by atoms with van der Waals surface area (Å²) in [4.78, 5) is 0. The fraction of sp³-hybridized carbons (Fsp3) is 0.143. The fourth-order valence-electron chi connectivity index (χ4n) is 2.39. The molecule has 0 unspecified atom stereocenters. The number of phosphoric acid groups is 1. The molecule has 0 saturated heterocycles. The van der Waals surface area contributed by atoms with Crippen molar-refractivity contribution in [3.8, 4) is 17.2 Å². The number of phosphoric ester groups is 1. The third-order valence-electron chi connectivity index (χ3n) is 3.91. The minimum atomic E-state index is -3.97. The van der Waals surface area contributed by atoms with Crippen molar-refractivity contribution in [1.29, 1.82) is 0 Å². The molecule has 0 bridgehead atoms. The smallest absolute Gasteiger partial charge is 1.00 e. The van der Waals surface area contributed by atoms with Gasteiger partial charge < -0.3 is 15.0 Å². The van der Waals surface area contributed by atoms with Gasteiger partial charge in [0.25, 0.3) is 0 Å². The van der Waals surface area contributed by atoms with Crippen molar-refractivity contribution in [2.75, 3.05) is 0 Å². The van der Waals surface area contributed by atoms with Crippen LogP contribution in [0.3, 0.4) is 0 Å². The molecule has 3 aromatic carbocycles. The van der Waals surface area contributed by atoms with Gasteiger partial charge in [0.2, 0.25) is 0 Å². The SMILES string of the molecule is Cc1ccccc1OP(=O)(Oc1ccccc1C)Oc1ccccc1C.[H+].[H-].[K+]. The third kappa shape index (κ3) is 5.95. The number of para-hydroxylation sites is 3. The Kier molecular flexibility index (Phi) is 8.16. The first-order chi connectivity index (χ1) is 12.5. The first kappa shape index (κ1) is 22.2. The minimum absolute atomic E-state index is 0. The van der Waals surface area contributed by atoms with E-state index in [1.165, 1.54) is 0 Å². The van der Waals surface area contributed by atoms with Gasteiger partial charge in [0, 0.05) is 0 Å². The second kappa shape index (κ2) is 9.92. The molecular formula is C21H23KO4P+. The molecule has 6 heteroatoms. The summed E-state index contributed by atoms with van der Waals surface area (Å²) in [6.07, 6.45) is 0. The molecule has 3 aromatic rings. The van der Waals surface area contributed by atoms with Gasteiger partial charge >= 0.3 is 60.6 Å². The normalized spacial score (nSPS) is 10.6. The van der Waals surface area contributed by atoms with Crippen LogP contribution in [-0.2, 0) is 4.57 Å². The molecule has 0 saturated carbocycles. The van der Waals surface area contributed by atoms with Crippen LogP contribution >= 0.6 is 7.82 Å². The maximum absolute atomic E-state index is 13.5. The molecule has 0 N–H and O–H groups in total. The molecule has 0 atom stereocenters. The van der Waals surface area contributed by atoms with Gasteiger partial charge in [0.1, 0.15) is 17.2 Å². The molecule has 0 aliphatic carbocycles. The topological polar surface area (TPSA) is 44.8 Å². The second-order valence-electron chi connectivity index (χ2n) is 6.02. The van der Waals surface area contributed by atoms with Gasteiger partial charge in [-0.05, 0) is 55.7 Å². The zero-order valence-corrected chi connectivity index (χ0v) is 20.0. The first-order valence-electron chi connectivity index (χ1n) is 8.32. The summed E-state index contributed by atoms with van der Waals surface area (Å²) < 4.78 is 30.8. The molecule has 0 fully saturated rings. The van der Waals surface area contributed by atoms with Crippen LogP contribution in [-0.4, -0.2) is 0 Å². The van der Waals surface area contributed by atoms with E-state index in [0.717, 1.165) is 16.7 Å². The van der Waals surface area contributed by atoms with Crippen LogP contribution in [0.15, 0.2) is 72.8 Å². The molecule has 0 heterocycles. The van der Waals surface area contributed by atoms with E-state index < -0.39 is 7.82 Å². The maximum Gasteiger partial charge on any atom is 1.00 e. The van der Waals surface area contributed by atoms with Crippen molar-refractivity contribution in [2.24, 2.45) is 0 Å². The van der Waals surface area contributed by atoms with Gasteiger partial charge in [0.15, 0.2) is 0 Å². The minimum Gasteiger partial charge on any atom is -1.00 e. The summed E-state index contributed by atoms with van der Waals surface area (Å²) in [5, 5.41) is 0. The van der Waals surface area contributed by atoms with Gasteiger partial charge in [-0.3, -0.25) is 0 Å². The Morgan fingerprint density at radius 2 is 0.889 bits per heavy atom. The molecule has 0 spiro atoms. The summed E-state index contributed by atoms with van der Waals surface area (Å²) in [5.41, 5.74) is 2.53. The average Bonchev–Trinajstić information content (AvgIpc) is 2.61. The van der Waals surface area contributed by atoms with Crippen molar-refractivity contribution in [3.05, 3.63) is 89.5 Å². The van der Waals surface area contributed by atoms with Crippen LogP contribution in [0.5, 0.6) is 17.2 Å². The van der Waals surface area contributed by atoms with E-state index in [9.17, 15) is 4.57 Å². The Balaban J connectivity index is 0.00000261. The average molecular weight is 409 g/mol. The monoisotopic (exact) mass is 409 g/mol. The number of hydrogen-bond acceptors (Lipinski definition) is 4. The summed E-state index contributed by atoms with van der Waals surface area (Å²) >= 11 is 0. The van der Waals surface area contributed by atoms with Crippen molar-refractivity contribution in [3.63, 3.8) is 0 Å². The standard InChI is InChI=1S/C21H21O4P.K.H/c1-16-10-4-7-13-19(16)23-26(22,24-20-14-8-5-11-17(20)2)25-21-15-9-6-12-18(21)3;;/h4-15H,1-3H3;;/q;+1;-1/p+1. The summed E-state index contributed by atoms with van der Waals surface area (Å²) in [6.45, 7) is 5.63.